The molecule has 0 spiro atoms. The average molecular weight is 269 g/mol. The topological polar surface area (TPSA) is 40.5 Å². The molecule has 112 valence electrons. The molecule has 3 atom stereocenters. The minimum Gasteiger partial charge on any atom is -0.395 e. The first kappa shape index (κ1) is 16.6. The zero-order valence-electron chi connectivity index (χ0n) is 12.9. The molecule has 3 heteroatoms. The second-order valence-corrected chi connectivity index (χ2v) is 6.02. The number of carbonyl (C=O) groups is 1. The maximum absolute atomic E-state index is 12.0. The van der Waals surface area contributed by atoms with E-state index in [1.807, 2.05) is 0 Å². The Kier molecular flexibility index (Phi) is 7.62. The van der Waals surface area contributed by atoms with Crippen molar-refractivity contribution in [2.45, 2.75) is 90.3 Å². The van der Waals surface area contributed by atoms with Crippen LogP contribution < -0.4 is 0 Å². The Labute approximate surface area is 118 Å². The fourth-order valence-corrected chi connectivity index (χ4v) is 3.31. The number of ketones is 1. The third-order valence-corrected chi connectivity index (χ3v) is 4.32. The second-order valence-electron chi connectivity index (χ2n) is 6.02. The number of nitrogens with zero attached hydrogens (tertiary/aromatic N) is 1. The zero-order chi connectivity index (χ0) is 14.3. The van der Waals surface area contributed by atoms with Gasteiger partial charge in [0, 0.05) is 31.0 Å². The van der Waals surface area contributed by atoms with Crippen LogP contribution in [0.1, 0.15) is 72.1 Å². The van der Waals surface area contributed by atoms with E-state index < -0.39 is 0 Å². The molecule has 19 heavy (non-hydrogen) atoms. The number of likely N-dealkylation sites (tertiary alicyclic amines) is 1. The minimum atomic E-state index is 0.178. The van der Waals surface area contributed by atoms with Crippen molar-refractivity contribution in [3.05, 3.63) is 0 Å². The number of aliphatic hydroxyl groups is 1. The molecule has 0 aromatic heterocycles. The molecule has 1 N–H and O–H groups in total. The van der Waals surface area contributed by atoms with E-state index in [0.717, 1.165) is 12.8 Å². The Morgan fingerprint density at radius 3 is 2.00 bits per heavy atom. The number of carbonyl (C=O) groups excluding carboxylic acids is 1. The molecule has 0 bridgehead atoms. The van der Waals surface area contributed by atoms with Crippen LogP contribution in [0.25, 0.3) is 0 Å². The van der Waals surface area contributed by atoms with Gasteiger partial charge in [-0.05, 0) is 19.8 Å². The Bertz CT molecular complexity index is 247. The summed E-state index contributed by atoms with van der Waals surface area (Å²) < 4.78 is 0. The van der Waals surface area contributed by atoms with Crippen LogP contribution >= 0.6 is 0 Å². The summed E-state index contributed by atoms with van der Waals surface area (Å²) in [6, 6.07) is 0.882. The maximum Gasteiger partial charge on any atom is 0.136 e. The molecule has 1 aliphatic rings. The van der Waals surface area contributed by atoms with Crippen molar-refractivity contribution in [1.29, 1.82) is 0 Å². The molecule has 0 aliphatic carbocycles. The molecule has 1 fully saturated rings. The summed E-state index contributed by atoms with van der Waals surface area (Å²) in [5.74, 6) is 0.420. The van der Waals surface area contributed by atoms with Crippen LogP contribution in [-0.2, 0) is 4.79 Å². The van der Waals surface area contributed by atoms with E-state index in [4.69, 9.17) is 0 Å². The molecule has 1 heterocycles. The molecular formula is C16H31NO2. The quantitative estimate of drug-likeness (QED) is 0.736. The van der Waals surface area contributed by atoms with Gasteiger partial charge in [0.15, 0.2) is 0 Å². The number of Topliss-reactive ketones (excluding diaryl/α,β-unsaturated/α-hetero) is 1. The van der Waals surface area contributed by atoms with Crippen molar-refractivity contribution in [2.24, 2.45) is 0 Å². The fourth-order valence-electron chi connectivity index (χ4n) is 3.31. The van der Waals surface area contributed by atoms with E-state index in [2.05, 4.69) is 25.7 Å². The molecular weight excluding hydrogens is 238 g/mol. The highest BCUT2D eigenvalue weighted by molar-refractivity contribution is 5.80. The Hall–Kier alpha value is -0.410. The fraction of sp³-hybridized carbons (Fsp3) is 0.938. The van der Waals surface area contributed by atoms with Crippen LogP contribution in [0.15, 0.2) is 0 Å². The van der Waals surface area contributed by atoms with Crippen LogP contribution in [0.2, 0.25) is 0 Å². The van der Waals surface area contributed by atoms with Crippen LogP contribution in [0.5, 0.6) is 0 Å². The van der Waals surface area contributed by atoms with Gasteiger partial charge in [-0.25, -0.2) is 0 Å². The standard InChI is InChI=1S/C16H31NO2/c1-4-6-8-14-10-16(19)11-15(9-7-5-2)17(14)13(3)12-18/h13-15,18H,4-12H2,1-3H3/t13?,14-,15?/m1/s1. The molecule has 1 aliphatic heterocycles. The monoisotopic (exact) mass is 269 g/mol. The Morgan fingerprint density at radius 2 is 1.63 bits per heavy atom. The highest BCUT2D eigenvalue weighted by Gasteiger charge is 2.36. The number of hydrogen-bond acceptors (Lipinski definition) is 3. The molecule has 0 saturated carbocycles. The van der Waals surface area contributed by atoms with Crippen LogP contribution in [-0.4, -0.2) is 40.5 Å². The Balaban J connectivity index is 2.76. The van der Waals surface area contributed by atoms with Gasteiger partial charge in [-0.3, -0.25) is 9.69 Å². The normalized spacial score (nSPS) is 26.6. The van der Waals surface area contributed by atoms with Gasteiger partial charge in [0.05, 0.1) is 6.61 Å². The lowest BCUT2D eigenvalue weighted by Crippen LogP contribution is -2.54. The number of piperidine rings is 1. The smallest absolute Gasteiger partial charge is 0.136 e. The van der Waals surface area contributed by atoms with Crippen LogP contribution in [0, 0.1) is 0 Å². The summed E-state index contributed by atoms with van der Waals surface area (Å²) in [5, 5.41) is 9.51. The van der Waals surface area contributed by atoms with Gasteiger partial charge in [0.1, 0.15) is 5.78 Å². The number of aliphatic hydroxyl groups excluding tert-OH is 1. The molecule has 0 aromatic carbocycles. The predicted octanol–water partition coefficient (Wildman–Crippen LogP) is 3.15. The molecule has 1 rings (SSSR count). The van der Waals surface area contributed by atoms with E-state index in [9.17, 15) is 9.90 Å². The van der Waals surface area contributed by atoms with Crippen molar-refractivity contribution >= 4 is 5.78 Å². The van der Waals surface area contributed by atoms with E-state index in [0.29, 0.717) is 30.7 Å². The zero-order valence-corrected chi connectivity index (χ0v) is 12.9. The van der Waals surface area contributed by atoms with E-state index in [1.165, 1.54) is 25.7 Å². The van der Waals surface area contributed by atoms with Gasteiger partial charge in [0.2, 0.25) is 0 Å². The van der Waals surface area contributed by atoms with E-state index >= 15 is 0 Å². The van der Waals surface area contributed by atoms with Gasteiger partial charge in [-0.2, -0.15) is 0 Å². The summed E-state index contributed by atoms with van der Waals surface area (Å²) in [4.78, 5) is 14.4. The third-order valence-electron chi connectivity index (χ3n) is 4.32. The first-order chi connectivity index (χ1) is 9.13. The number of unbranched alkanes of at least 4 members (excludes halogenated alkanes) is 2. The van der Waals surface area contributed by atoms with Crippen LogP contribution in [0.3, 0.4) is 0 Å². The Morgan fingerprint density at radius 1 is 1.16 bits per heavy atom. The lowest BCUT2D eigenvalue weighted by atomic mass is 9.87. The molecule has 1 saturated heterocycles. The molecule has 0 aromatic rings. The van der Waals surface area contributed by atoms with Gasteiger partial charge >= 0.3 is 0 Å². The van der Waals surface area contributed by atoms with Crippen molar-refractivity contribution in [2.75, 3.05) is 6.61 Å². The van der Waals surface area contributed by atoms with Crippen molar-refractivity contribution in [3.63, 3.8) is 0 Å². The summed E-state index contributed by atoms with van der Waals surface area (Å²) in [5.41, 5.74) is 0. The first-order valence-electron chi connectivity index (χ1n) is 8.03. The highest BCUT2D eigenvalue weighted by atomic mass is 16.3. The van der Waals surface area contributed by atoms with Crippen molar-refractivity contribution < 1.29 is 9.90 Å². The number of rotatable bonds is 8. The molecule has 3 nitrogen and oxygen atoms in total. The molecule has 2 unspecified atom stereocenters. The van der Waals surface area contributed by atoms with Gasteiger partial charge in [0.25, 0.3) is 0 Å². The lowest BCUT2D eigenvalue weighted by molar-refractivity contribution is -0.127. The largest absolute Gasteiger partial charge is 0.395 e. The van der Waals surface area contributed by atoms with Gasteiger partial charge in [-0.1, -0.05) is 39.5 Å². The first-order valence-corrected chi connectivity index (χ1v) is 8.03. The highest BCUT2D eigenvalue weighted by Crippen LogP contribution is 2.29. The van der Waals surface area contributed by atoms with Crippen molar-refractivity contribution in [3.8, 4) is 0 Å². The second kappa shape index (κ2) is 8.70. The van der Waals surface area contributed by atoms with E-state index in [1.54, 1.807) is 0 Å². The van der Waals surface area contributed by atoms with Crippen molar-refractivity contribution in [1.82, 2.24) is 4.90 Å². The van der Waals surface area contributed by atoms with Crippen LogP contribution in [0.4, 0.5) is 0 Å². The summed E-state index contributed by atoms with van der Waals surface area (Å²) in [6.07, 6.45) is 8.25. The van der Waals surface area contributed by atoms with E-state index in [-0.39, 0.29) is 12.6 Å². The number of hydrogen-bond donors (Lipinski definition) is 1. The molecule has 0 amide bonds. The summed E-state index contributed by atoms with van der Waals surface area (Å²) in [7, 11) is 0. The molecule has 0 radical (unpaired) electrons. The predicted molar refractivity (Wildman–Crippen MR) is 79.3 cm³/mol. The lowest BCUT2D eigenvalue weighted by Gasteiger charge is -2.45. The average Bonchev–Trinajstić information content (AvgIpc) is 2.41. The van der Waals surface area contributed by atoms with Gasteiger partial charge < -0.3 is 5.11 Å². The maximum atomic E-state index is 12.0. The summed E-state index contributed by atoms with van der Waals surface area (Å²) in [6.45, 7) is 6.67. The summed E-state index contributed by atoms with van der Waals surface area (Å²) >= 11 is 0. The SMILES string of the molecule is CCCCC1CC(=O)C[C@@H](CCCC)N1C(C)CO. The third kappa shape index (κ3) is 4.88. The minimum absolute atomic E-state index is 0.178. The van der Waals surface area contributed by atoms with Gasteiger partial charge in [-0.15, -0.1) is 0 Å².